The average Bonchev–Trinajstić information content (AvgIpc) is 2.62. The number of aromatic nitrogens is 2. The van der Waals surface area contributed by atoms with Crippen molar-refractivity contribution in [1.82, 2.24) is 9.97 Å². The van der Waals surface area contributed by atoms with Crippen molar-refractivity contribution in [2.75, 3.05) is 0 Å². The minimum atomic E-state index is -0.559. The molecule has 0 amide bonds. The number of hydrogen-bond acceptors (Lipinski definition) is 4. The summed E-state index contributed by atoms with van der Waals surface area (Å²) in [7, 11) is 0. The predicted octanol–water partition coefficient (Wildman–Crippen LogP) is 2.41. The molecule has 0 aliphatic carbocycles. The first-order valence-corrected chi connectivity index (χ1v) is 3.89. The van der Waals surface area contributed by atoms with Crippen LogP contribution in [0.5, 0.6) is 0 Å². The highest BCUT2D eigenvalue weighted by Gasteiger charge is 2.17. The molecule has 2 rings (SSSR count). The second-order valence-corrected chi connectivity index (χ2v) is 2.67. The molecule has 8 nitrogen and oxygen atoms in total. The lowest BCUT2D eigenvalue weighted by atomic mass is 10.2. The fraction of sp³-hybridized carbons (Fsp3) is 0. The van der Waals surface area contributed by atoms with E-state index in [0.717, 1.165) is 0 Å². The topological polar surface area (TPSA) is 121 Å². The van der Waals surface area contributed by atoms with Crippen LogP contribution in [0.3, 0.4) is 0 Å². The fourth-order valence-electron chi connectivity index (χ4n) is 1.30. The molecular formula is C7H4N6O2. The molecule has 0 aliphatic rings. The summed E-state index contributed by atoms with van der Waals surface area (Å²) < 4.78 is 0. The van der Waals surface area contributed by atoms with Gasteiger partial charge in [0.2, 0.25) is 0 Å². The number of nitrogens with zero attached hydrogens (tertiary/aromatic N) is 5. The molecule has 0 aliphatic heterocycles. The van der Waals surface area contributed by atoms with Crippen LogP contribution in [0.2, 0.25) is 0 Å². The van der Waals surface area contributed by atoms with E-state index in [9.17, 15) is 10.1 Å². The van der Waals surface area contributed by atoms with E-state index in [1.807, 2.05) is 0 Å². The molecule has 0 unspecified atom stereocenters. The Labute approximate surface area is 82.3 Å². The molecule has 15 heavy (non-hydrogen) atoms. The first-order valence-electron chi connectivity index (χ1n) is 3.89. The monoisotopic (exact) mass is 204 g/mol. The lowest BCUT2D eigenvalue weighted by molar-refractivity contribution is -0.383. The SMILES string of the molecule is [N-]=[N+]=Nc1ccnc2[nH]cc([N+](=O)[O-])c12. The molecule has 0 aromatic carbocycles. The molecule has 0 radical (unpaired) electrons. The number of hydrogen-bond donors (Lipinski definition) is 1. The van der Waals surface area contributed by atoms with E-state index < -0.39 is 4.92 Å². The zero-order valence-electron chi connectivity index (χ0n) is 7.28. The molecule has 0 atom stereocenters. The summed E-state index contributed by atoms with van der Waals surface area (Å²) in [4.78, 5) is 19.2. The number of pyridine rings is 1. The Morgan fingerprint density at radius 3 is 3.13 bits per heavy atom. The van der Waals surface area contributed by atoms with Gasteiger partial charge in [0.15, 0.2) is 0 Å². The average molecular weight is 204 g/mol. The van der Waals surface area contributed by atoms with E-state index in [2.05, 4.69) is 20.0 Å². The Balaban J connectivity index is 2.86. The molecule has 74 valence electrons. The summed E-state index contributed by atoms with van der Waals surface area (Å²) in [6, 6.07) is 1.42. The fourth-order valence-corrected chi connectivity index (χ4v) is 1.30. The number of H-pyrrole nitrogens is 1. The third-order valence-electron chi connectivity index (χ3n) is 1.88. The van der Waals surface area contributed by atoms with Crippen LogP contribution in [-0.2, 0) is 0 Å². The van der Waals surface area contributed by atoms with Gasteiger partial charge < -0.3 is 4.98 Å². The molecule has 2 aromatic rings. The van der Waals surface area contributed by atoms with Crippen LogP contribution in [0.25, 0.3) is 21.5 Å². The number of rotatable bonds is 2. The summed E-state index contributed by atoms with van der Waals surface area (Å²) in [5, 5.41) is 14.2. The van der Waals surface area contributed by atoms with Crippen LogP contribution in [0, 0.1) is 10.1 Å². The van der Waals surface area contributed by atoms with Gasteiger partial charge in [-0.25, -0.2) is 4.98 Å². The van der Waals surface area contributed by atoms with Gasteiger partial charge in [-0.3, -0.25) is 10.1 Å². The molecule has 0 saturated heterocycles. The van der Waals surface area contributed by atoms with E-state index in [4.69, 9.17) is 5.53 Å². The maximum atomic E-state index is 10.7. The van der Waals surface area contributed by atoms with Gasteiger partial charge in [0.25, 0.3) is 5.69 Å². The smallest absolute Gasteiger partial charge is 0.296 e. The van der Waals surface area contributed by atoms with Gasteiger partial charge in [-0.2, -0.15) is 0 Å². The molecule has 0 fully saturated rings. The van der Waals surface area contributed by atoms with Crippen LogP contribution in [0.4, 0.5) is 11.4 Å². The van der Waals surface area contributed by atoms with Gasteiger partial charge in [-0.15, -0.1) is 0 Å². The Hall–Kier alpha value is -2.60. The highest BCUT2D eigenvalue weighted by atomic mass is 16.6. The summed E-state index contributed by atoms with van der Waals surface area (Å²) in [5.74, 6) is 0. The highest BCUT2D eigenvalue weighted by molar-refractivity contribution is 5.95. The molecule has 2 aromatic heterocycles. The number of fused-ring (bicyclic) bond motifs is 1. The lowest BCUT2D eigenvalue weighted by Crippen LogP contribution is -1.85. The number of aromatic amines is 1. The van der Waals surface area contributed by atoms with E-state index >= 15 is 0 Å². The zero-order valence-corrected chi connectivity index (χ0v) is 7.28. The van der Waals surface area contributed by atoms with Crippen molar-refractivity contribution in [2.45, 2.75) is 0 Å². The lowest BCUT2D eigenvalue weighted by Gasteiger charge is -1.93. The van der Waals surface area contributed by atoms with Gasteiger partial charge in [0, 0.05) is 11.1 Å². The molecule has 2 heterocycles. The standard InChI is InChI=1S/C7H4N6O2/c8-12-11-4-1-2-9-7-6(4)5(3-10-7)13(14)15/h1-3H,(H,9,10). The minimum Gasteiger partial charge on any atom is -0.340 e. The van der Waals surface area contributed by atoms with Gasteiger partial charge in [-0.05, 0) is 11.6 Å². The summed E-state index contributed by atoms with van der Waals surface area (Å²) in [6.45, 7) is 0. The van der Waals surface area contributed by atoms with Crippen LogP contribution < -0.4 is 0 Å². The van der Waals surface area contributed by atoms with Gasteiger partial charge >= 0.3 is 0 Å². The largest absolute Gasteiger partial charge is 0.340 e. The molecule has 0 spiro atoms. The quantitative estimate of drug-likeness (QED) is 0.265. The number of nitrogens with one attached hydrogen (secondary N) is 1. The van der Waals surface area contributed by atoms with Crippen molar-refractivity contribution in [3.8, 4) is 0 Å². The van der Waals surface area contributed by atoms with Crippen molar-refractivity contribution in [3.05, 3.63) is 39.0 Å². The first-order chi connectivity index (χ1) is 7.24. The highest BCUT2D eigenvalue weighted by Crippen LogP contribution is 2.32. The van der Waals surface area contributed by atoms with Crippen LogP contribution in [0.1, 0.15) is 0 Å². The molecular weight excluding hydrogens is 200 g/mol. The van der Waals surface area contributed by atoms with Crippen LogP contribution in [-0.4, -0.2) is 14.9 Å². The molecule has 8 heteroatoms. The third-order valence-corrected chi connectivity index (χ3v) is 1.88. The third kappa shape index (κ3) is 1.34. The normalized spacial score (nSPS) is 9.87. The maximum absolute atomic E-state index is 10.7. The number of nitro groups is 1. The Morgan fingerprint density at radius 1 is 1.67 bits per heavy atom. The number of azide groups is 1. The van der Waals surface area contributed by atoms with E-state index in [0.29, 0.717) is 5.65 Å². The van der Waals surface area contributed by atoms with Crippen molar-refractivity contribution in [2.24, 2.45) is 5.11 Å². The summed E-state index contributed by atoms with van der Waals surface area (Å²) in [6.07, 6.45) is 2.63. The van der Waals surface area contributed by atoms with E-state index in [-0.39, 0.29) is 16.8 Å². The van der Waals surface area contributed by atoms with Crippen LogP contribution >= 0.6 is 0 Å². The van der Waals surface area contributed by atoms with Crippen molar-refractivity contribution < 1.29 is 4.92 Å². The van der Waals surface area contributed by atoms with Gasteiger partial charge in [0.1, 0.15) is 11.0 Å². The Bertz CT molecular complexity index is 582. The van der Waals surface area contributed by atoms with Gasteiger partial charge in [-0.1, -0.05) is 5.11 Å². The second kappa shape index (κ2) is 3.28. The van der Waals surface area contributed by atoms with Gasteiger partial charge in [0.05, 0.1) is 16.8 Å². The molecule has 0 saturated carbocycles. The zero-order chi connectivity index (χ0) is 10.8. The maximum Gasteiger partial charge on any atom is 0.296 e. The summed E-state index contributed by atoms with van der Waals surface area (Å²) >= 11 is 0. The first kappa shape index (κ1) is 8.97. The Morgan fingerprint density at radius 2 is 2.47 bits per heavy atom. The summed E-state index contributed by atoms with van der Waals surface area (Å²) in [5.41, 5.74) is 8.67. The molecule has 0 bridgehead atoms. The van der Waals surface area contributed by atoms with E-state index in [1.165, 1.54) is 18.5 Å². The van der Waals surface area contributed by atoms with E-state index in [1.54, 1.807) is 0 Å². The Kier molecular flexibility index (Phi) is 1.96. The molecule has 1 N–H and O–H groups in total. The van der Waals surface area contributed by atoms with Crippen molar-refractivity contribution in [1.29, 1.82) is 0 Å². The second-order valence-electron chi connectivity index (χ2n) is 2.67. The predicted molar refractivity (Wildman–Crippen MR) is 51.6 cm³/mol. The van der Waals surface area contributed by atoms with Crippen LogP contribution in [0.15, 0.2) is 23.6 Å². The minimum absolute atomic E-state index is 0.152. The van der Waals surface area contributed by atoms with Crippen molar-refractivity contribution in [3.63, 3.8) is 0 Å². The van der Waals surface area contributed by atoms with Crippen molar-refractivity contribution >= 4 is 22.4 Å².